The summed E-state index contributed by atoms with van der Waals surface area (Å²) in [6.07, 6.45) is 0.962. The molecule has 40 heavy (non-hydrogen) atoms. The number of hydrogen-bond acceptors (Lipinski definition) is 9. The zero-order valence-electron chi connectivity index (χ0n) is 22.2. The quantitative estimate of drug-likeness (QED) is 0.474. The van der Waals surface area contributed by atoms with Crippen LogP contribution in [0.4, 0.5) is 28.4 Å². The van der Waals surface area contributed by atoms with Crippen LogP contribution < -0.4 is 25.1 Å². The average Bonchev–Trinajstić information content (AvgIpc) is 3.45. The lowest BCUT2D eigenvalue weighted by Gasteiger charge is -2.30. The predicted octanol–water partition coefficient (Wildman–Crippen LogP) is 4.07. The number of aromatic amines is 1. The first kappa shape index (κ1) is 27.9. The average molecular weight is 570 g/mol. The third kappa shape index (κ3) is 5.76. The van der Waals surface area contributed by atoms with Crippen molar-refractivity contribution in [2.75, 3.05) is 31.1 Å². The molecular formula is C26H30F3N3O8. The Morgan fingerprint density at radius 1 is 1.27 bits per heavy atom. The highest BCUT2D eigenvalue weighted by atomic mass is 19.3. The highest BCUT2D eigenvalue weighted by Crippen LogP contribution is 2.46. The van der Waals surface area contributed by atoms with Crippen LogP contribution in [0.5, 0.6) is 11.5 Å². The van der Waals surface area contributed by atoms with Gasteiger partial charge in [0.05, 0.1) is 17.4 Å². The maximum atomic E-state index is 15.7. The molecule has 3 heterocycles. The van der Waals surface area contributed by atoms with Gasteiger partial charge in [-0.05, 0) is 46.1 Å². The Labute approximate surface area is 226 Å². The minimum Gasteiger partial charge on any atom is -0.444 e. The highest BCUT2D eigenvalue weighted by Gasteiger charge is 2.52. The van der Waals surface area contributed by atoms with Crippen LogP contribution in [0.1, 0.15) is 40.0 Å². The fourth-order valence-electron chi connectivity index (χ4n) is 5.11. The van der Waals surface area contributed by atoms with Crippen LogP contribution in [0.15, 0.2) is 17.1 Å². The van der Waals surface area contributed by atoms with Crippen molar-refractivity contribution in [2.45, 2.75) is 64.0 Å². The minimum absolute atomic E-state index is 0.0495. The zero-order chi connectivity index (χ0) is 28.8. The monoisotopic (exact) mass is 569 g/mol. The number of carbonyl (C=O) groups excluding carboxylic acids is 2. The van der Waals surface area contributed by atoms with Gasteiger partial charge in [0, 0.05) is 31.8 Å². The Kier molecular flexibility index (Phi) is 7.23. The summed E-state index contributed by atoms with van der Waals surface area (Å²) in [4.78, 5) is 41.3. The SMILES string of the molecule is CC(C)(C)OC(=O)NCC12CN(c3c(F)cc4c(=O)c(OC(=O)OC5CC5)c[nH]c4c3OC(F)F)CC1CCO2. The van der Waals surface area contributed by atoms with Crippen LogP contribution in [0.25, 0.3) is 10.9 Å². The summed E-state index contributed by atoms with van der Waals surface area (Å²) in [5.41, 5.74) is -3.05. The number of hydrogen-bond donors (Lipinski definition) is 2. The van der Waals surface area contributed by atoms with E-state index in [0.717, 1.165) is 12.3 Å². The molecule has 218 valence electrons. The number of rotatable bonds is 7. The summed E-state index contributed by atoms with van der Waals surface area (Å²) in [5, 5.41) is 2.34. The number of alkyl carbamates (subject to hydrolysis) is 1. The molecule has 1 aromatic heterocycles. The molecule has 2 aliphatic heterocycles. The third-order valence-electron chi connectivity index (χ3n) is 6.96. The second kappa shape index (κ2) is 10.4. The molecule has 1 aromatic carbocycles. The molecule has 14 heteroatoms. The molecule has 1 amide bonds. The number of nitrogens with one attached hydrogen (secondary N) is 2. The number of carbonyl (C=O) groups is 2. The number of H-pyrrole nitrogens is 1. The van der Waals surface area contributed by atoms with Gasteiger partial charge in [-0.25, -0.2) is 14.0 Å². The van der Waals surface area contributed by atoms with E-state index in [-0.39, 0.29) is 48.2 Å². The fraction of sp³-hybridized carbons (Fsp3) is 0.577. The number of fused-ring (bicyclic) bond motifs is 2. The van der Waals surface area contributed by atoms with Crippen molar-refractivity contribution < 1.29 is 46.4 Å². The van der Waals surface area contributed by atoms with Crippen LogP contribution in [-0.4, -0.2) is 67.4 Å². The Morgan fingerprint density at radius 2 is 2.02 bits per heavy atom. The van der Waals surface area contributed by atoms with Gasteiger partial charge in [0.15, 0.2) is 17.3 Å². The number of aromatic nitrogens is 1. The molecule has 2 aromatic rings. The molecule has 3 aliphatic rings. The van der Waals surface area contributed by atoms with Gasteiger partial charge in [-0.2, -0.15) is 8.78 Å². The van der Waals surface area contributed by atoms with Gasteiger partial charge in [0.2, 0.25) is 5.43 Å². The lowest BCUT2D eigenvalue weighted by molar-refractivity contribution is -0.0487. The van der Waals surface area contributed by atoms with Gasteiger partial charge >= 0.3 is 18.9 Å². The largest absolute Gasteiger partial charge is 0.514 e. The Bertz CT molecular complexity index is 1370. The summed E-state index contributed by atoms with van der Waals surface area (Å²) in [6.45, 7) is 2.57. The third-order valence-corrected chi connectivity index (χ3v) is 6.96. The molecule has 0 bridgehead atoms. The molecule has 2 N–H and O–H groups in total. The van der Waals surface area contributed by atoms with Crippen molar-refractivity contribution in [3.8, 4) is 11.5 Å². The van der Waals surface area contributed by atoms with E-state index in [1.165, 1.54) is 4.90 Å². The van der Waals surface area contributed by atoms with Crippen molar-refractivity contribution in [3.63, 3.8) is 0 Å². The van der Waals surface area contributed by atoms with E-state index >= 15 is 4.39 Å². The van der Waals surface area contributed by atoms with Crippen LogP contribution >= 0.6 is 0 Å². The second-order valence-corrected chi connectivity index (χ2v) is 11.1. The maximum absolute atomic E-state index is 15.7. The van der Waals surface area contributed by atoms with E-state index in [4.69, 9.17) is 23.7 Å². The Morgan fingerprint density at radius 3 is 2.70 bits per heavy atom. The second-order valence-electron chi connectivity index (χ2n) is 11.1. The normalized spacial score (nSPS) is 22.4. The molecule has 11 nitrogen and oxygen atoms in total. The number of anilines is 1. The van der Waals surface area contributed by atoms with E-state index in [1.807, 2.05) is 0 Å². The molecular weight excluding hydrogens is 539 g/mol. The number of ether oxygens (including phenoxy) is 5. The number of pyridine rings is 1. The number of benzene rings is 1. The van der Waals surface area contributed by atoms with Crippen LogP contribution in [-0.2, 0) is 14.2 Å². The van der Waals surface area contributed by atoms with E-state index in [1.54, 1.807) is 20.8 Å². The molecule has 1 aliphatic carbocycles. The van der Waals surface area contributed by atoms with Gasteiger partial charge in [-0.15, -0.1) is 0 Å². The van der Waals surface area contributed by atoms with E-state index in [2.05, 4.69) is 10.3 Å². The van der Waals surface area contributed by atoms with Crippen molar-refractivity contribution in [2.24, 2.45) is 5.92 Å². The summed E-state index contributed by atoms with van der Waals surface area (Å²) >= 11 is 0. The molecule has 2 unspecified atom stereocenters. The summed E-state index contributed by atoms with van der Waals surface area (Å²) in [5.74, 6) is -2.22. The van der Waals surface area contributed by atoms with Crippen molar-refractivity contribution >= 4 is 28.8 Å². The van der Waals surface area contributed by atoms with Crippen molar-refractivity contribution in [1.82, 2.24) is 10.3 Å². The van der Waals surface area contributed by atoms with Gasteiger partial charge < -0.3 is 38.9 Å². The standard InChI is InChI=1S/C26H30F3N3O8/c1-25(2,3)40-23(34)31-11-26-12-32(10-13(26)6-7-36-26)19-16(27)8-15-18(21(19)39-22(28)29)30-9-17(20(15)33)38-24(35)37-14-4-5-14/h8-9,13-14,22H,4-7,10-12H2,1-3H3,(H,30,33)(H,31,34). The maximum Gasteiger partial charge on any atom is 0.514 e. The van der Waals surface area contributed by atoms with E-state index in [0.29, 0.717) is 25.9 Å². The van der Waals surface area contributed by atoms with E-state index in [9.17, 15) is 23.2 Å². The smallest absolute Gasteiger partial charge is 0.444 e. The Balaban J connectivity index is 1.45. The Hall–Kier alpha value is -3.68. The molecule has 2 atom stereocenters. The molecule has 2 saturated heterocycles. The van der Waals surface area contributed by atoms with Gasteiger partial charge in [-0.3, -0.25) is 4.79 Å². The molecule has 0 spiro atoms. The topological polar surface area (TPSA) is 128 Å². The summed E-state index contributed by atoms with van der Waals surface area (Å²) < 4.78 is 68.7. The van der Waals surface area contributed by atoms with Crippen molar-refractivity contribution in [3.05, 3.63) is 28.3 Å². The number of alkyl halides is 2. The van der Waals surface area contributed by atoms with Gasteiger partial charge in [0.1, 0.15) is 23.0 Å². The lowest BCUT2D eigenvalue weighted by Crippen LogP contribution is -2.49. The lowest BCUT2D eigenvalue weighted by atomic mass is 9.91. The predicted molar refractivity (Wildman–Crippen MR) is 135 cm³/mol. The van der Waals surface area contributed by atoms with Gasteiger partial charge in [0.25, 0.3) is 0 Å². The molecule has 3 fully saturated rings. The summed E-state index contributed by atoms with van der Waals surface area (Å²) in [6, 6.07) is 0.876. The first-order valence-corrected chi connectivity index (χ1v) is 12.9. The van der Waals surface area contributed by atoms with Crippen LogP contribution in [0, 0.1) is 11.7 Å². The number of amides is 1. The molecule has 0 radical (unpaired) electrons. The fourth-order valence-corrected chi connectivity index (χ4v) is 5.11. The molecule has 1 saturated carbocycles. The highest BCUT2D eigenvalue weighted by molar-refractivity contribution is 5.92. The first-order chi connectivity index (χ1) is 18.8. The minimum atomic E-state index is -3.34. The van der Waals surface area contributed by atoms with Crippen LogP contribution in [0.3, 0.4) is 0 Å². The van der Waals surface area contributed by atoms with Gasteiger partial charge in [-0.1, -0.05) is 0 Å². The number of halogens is 3. The first-order valence-electron chi connectivity index (χ1n) is 12.9. The zero-order valence-corrected chi connectivity index (χ0v) is 22.2. The summed E-state index contributed by atoms with van der Waals surface area (Å²) in [7, 11) is 0. The van der Waals surface area contributed by atoms with Crippen molar-refractivity contribution in [1.29, 1.82) is 0 Å². The van der Waals surface area contributed by atoms with Crippen LogP contribution in [0.2, 0.25) is 0 Å². The number of nitrogens with zero attached hydrogens (tertiary/aromatic N) is 1. The van der Waals surface area contributed by atoms with E-state index < -0.39 is 52.8 Å². The molecule has 5 rings (SSSR count).